The molecular weight excluding hydrogens is 257 g/mol. The normalized spacial score (nSPS) is 12.2. The molecule has 2 rings (SSSR count). The number of aryl methyl sites for hydroxylation is 1. The Hall–Kier alpha value is -2.01. The quantitative estimate of drug-likeness (QED) is 0.910. The van der Waals surface area contributed by atoms with Crippen molar-refractivity contribution in [2.45, 2.75) is 19.4 Å². The molecule has 1 N–H and O–H groups in total. The number of aromatic nitrogens is 2. The summed E-state index contributed by atoms with van der Waals surface area (Å²) in [6.07, 6.45) is 3.98. The van der Waals surface area contributed by atoms with E-state index in [1.807, 2.05) is 14.0 Å². The van der Waals surface area contributed by atoms with Gasteiger partial charge >= 0.3 is 0 Å². The molecule has 1 heterocycles. The van der Waals surface area contributed by atoms with Crippen LogP contribution in [0.15, 0.2) is 30.6 Å². The molecule has 20 heavy (non-hydrogen) atoms. The first-order valence-electron chi connectivity index (χ1n) is 6.43. The van der Waals surface area contributed by atoms with E-state index in [1.165, 1.54) is 7.11 Å². The highest BCUT2D eigenvalue weighted by Gasteiger charge is 2.17. The van der Waals surface area contributed by atoms with Crippen molar-refractivity contribution in [3.8, 4) is 5.75 Å². The lowest BCUT2D eigenvalue weighted by molar-refractivity contribution is 0.382. The van der Waals surface area contributed by atoms with Gasteiger partial charge in [0.1, 0.15) is 5.82 Å². The zero-order valence-corrected chi connectivity index (χ0v) is 11.9. The molecule has 0 aliphatic rings. The van der Waals surface area contributed by atoms with Crippen molar-refractivity contribution in [1.29, 1.82) is 0 Å². The molecule has 5 heteroatoms. The maximum absolute atomic E-state index is 14.2. The largest absolute Gasteiger partial charge is 0.494 e. The molecule has 0 saturated carbocycles. The summed E-state index contributed by atoms with van der Waals surface area (Å²) in [7, 11) is 3.27. The van der Waals surface area contributed by atoms with Gasteiger partial charge in [0.2, 0.25) is 0 Å². The number of ether oxygens (including phenoxy) is 1. The van der Waals surface area contributed by atoms with E-state index in [4.69, 9.17) is 4.74 Å². The Morgan fingerprint density at radius 1 is 1.30 bits per heavy atom. The molecule has 2 aromatic rings. The first-order chi connectivity index (χ1) is 9.65. The Balaban J connectivity index is 2.24. The summed E-state index contributed by atoms with van der Waals surface area (Å²) in [5, 5.41) is 3.12. The molecule has 0 fully saturated rings. The molecule has 106 valence electrons. The Kier molecular flexibility index (Phi) is 4.63. The molecule has 4 nitrogen and oxygen atoms in total. The standard InChI is InChI=1S/C15H18FN3O/c1-10-8-18-15(19-9-10)12(17-2)7-11-5-4-6-13(20-3)14(11)16/h4-6,8-9,12,17H,7H2,1-3H3. The number of benzene rings is 1. The van der Waals surface area contributed by atoms with E-state index in [2.05, 4.69) is 15.3 Å². The van der Waals surface area contributed by atoms with Crippen LogP contribution in [0.1, 0.15) is 23.0 Å². The Labute approximate surface area is 118 Å². The van der Waals surface area contributed by atoms with Crippen molar-refractivity contribution in [2.75, 3.05) is 14.2 Å². The van der Waals surface area contributed by atoms with Gasteiger partial charge in [0, 0.05) is 12.4 Å². The molecule has 1 unspecified atom stereocenters. The highest BCUT2D eigenvalue weighted by Crippen LogP contribution is 2.23. The zero-order chi connectivity index (χ0) is 14.5. The predicted octanol–water partition coefficient (Wildman–Crippen LogP) is 2.44. The van der Waals surface area contributed by atoms with Gasteiger partial charge in [-0.15, -0.1) is 0 Å². The fourth-order valence-electron chi connectivity index (χ4n) is 2.00. The number of rotatable bonds is 5. The molecule has 0 amide bonds. The number of nitrogens with one attached hydrogen (secondary N) is 1. The summed E-state index contributed by atoms with van der Waals surface area (Å²) in [4.78, 5) is 8.58. The van der Waals surface area contributed by atoms with Gasteiger partial charge in [-0.2, -0.15) is 0 Å². The predicted molar refractivity (Wildman–Crippen MR) is 75.2 cm³/mol. The summed E-state index contributed by atoms with van der Waals surface area (Å²) in [6.45, 7) is 1.93. The average Bonchev–Trinajstić information content (AvgIpc) is 2.47. The first kappa shape index (κ1) is 14.4. The van der Waals surface area contributed by atoms with Gasteiger partial charge < -0.3 is 10.1 Å². The SMILES string of the molecule is CNC(Cc1cccc(OC)c1F)c1ncc(C)cn1. The van der Waals surface area contributed by atoms with Crippen LogP contribution >= 0.6 is 0 Å². The number of methoxy groups -OCH3 is 1. The maximum atomic E-state index is 14.2. The minimum Gasteiger partial charge on any atom is -0.494 e. The van der Waals surface area contributed by atoms with Gasteiger partial charge in [-0.3, -0.25) is 0 Å². The number of likely N-dealkylation sites (N-methyl/N-ethyl adjacent to an activating group) is 1. The fourth-order valence-corrected chi connectivity index (χ4v) is 2.00. The molecule has 0 saturated heterocycles. The molecule has 1 aromatic heterocycles. The lowest BCUT2D eigenvalue weighted by Gasteiger charge is -2.16. The van der Waals surface area contributed by atoms with Crippen molar-refractivity contribution in [3.05, 3.63) is 53.4 Å². The fraction of sp³-hybridized carbons (Fsp3) is 0.333. The summed E-state index contributed by atoms with van der Waals surface area (Å²) in [5.41, 5.74) is 1.57. The zero-order valence-electron chi connectivity index (χ0n) is 11.9. The third-order valence-corrected chi connectivity index (χ3v) is 3.15. The van der Waals surface area contributed by atoms with Crippen LogP contribution < -0.4 is 10.1 Å². The van der Waals surface area contributed by atoms with Crippen LogP contribution in [-0.4, -0.2) is 24.1 Å². The highest BCUT2D eigenvalue weighted by molar-refractivity contribution is 5.32. The van der Waals surface area contributed by atoms with Crippen molar-refractivity contribution < 1.29 is 9.13 Å². The minimum absolute atomic E-state index is 0.141. The summed E-state index contributed by atoms with van der Waals surface area (Å²) in [5.74, 6) is 0.574. The number of hydrogen-bond donors (Lipinski definition) is 1. The van der Waals surface area contributed by atoms with E-state index < -0.39 is 0 Å². The summed E-state index contributed by atoms with van der Waals surface area (Å²) in [6, 6.07) is 4.99. The second-order valence-electron chi connectivity index (χ2n) is 4.60. The molecule has 1 aromatic carbocycles. The lowest BCUT2D eigenvalue weighted by Crippen LogP contribution is -2.22. The Bertz CT molecular complexity index is 572. The van der Waals surface area contributed by atoms with Crippen molar-refractivity contribution >= 4 is 0 Å². The van der Waals surface area contributed by atoms with Crippen LogP contribution in [0.2, 0.25) is 0 Å². The van der Waals surface area contributed by atoms with Crippen LogP contribution in [0.5, 0.6) is 5.75 Å². The molecule has 0 spiro atoms. The van der Waals surface area contributed by atoms with Gasteiger partial charge in [-0.25, -0.2) is 14.4 Å². The smallest absolute Gasteiger partial charge is 0.168 e. The third kappa shape index (κ3) is 3.11. The van der Waals surface area contributed by atoms with Gasteiger partial charge in [0.25, 0.3) is 0 Å². The van der Waals surface area contributed by atoms with E-state index in [9.17, 15) is 4.39 Å². The van der Waals surface area contributed by atoms with Gasteiger partial charge in [-0.1, -0.05) is 12.1 Å². The first-order valence-corrected chi connectivity index (χ1v) is 6.43. The van der Waals surface area contributed by atoms with Crippen molar-refractivity contribution in [2.24, 2.45) is 0 Å². The molecule has 0 aliphatic heterocycles. The number of halogens is 1. The van der Waals surface area contributed by atoms with E-state index >= 15 is 0 Å². The van der Waals surface area contributed by atoms with E-state index in [0.29, 0.717) is 17.8 Å². The van der Waals surface area contributed by atoms with Gasteiger partial charge in [0.05, 0.1) is 13.2 Å². The van der Waals surface area contributed by atoms with Crippen LogP contribution in [-0.2, 0) is 6.42 Å². The Morgan fingerprint density at radius 2 is 2.00 bits per heavy atom. The van der Waals surface area contributed by atoms with Crippen LogP contribution in [0.25, 0.3) is 0 Å². The van der Waals surface area contributed by atoms with Crippen LogP contribution in [0, 0.1) is 12.7 Å². The monoisotopic (exact) mass is 275 g/mol. The molecule has 0 bridgehead atoms. The molecular formula is C15H18FN3O. The van der Waals surface area contributed by atoms with Gasteiger partial charge in [-0.05, 0) is 37.6 Å². The summed E-state index contributed by atoms with van der Waals surface area (Å²) < 4.78 is 19.2. The lowest BCUT2D eigenvalue weighted by atomic mass is 10.0. The summed E-state index contributed by atoms with van der Waals surface area (Å²) >= 11 is 0. The van der Waals surface area contributed by atoms with Crippen molar-refractivity contribution in [3.63, 3.8) is 0 Å². The van der Waals surface area contributed by atoms with E-state index in [-0.39, 0.29) is 17.6 Å². The highest BCUT2D eigenvalue weighted by atomic mass is 19.1. The second-order valence-corrected chi connectivity index (χ2v) is 4.60. The van der Waals surface area contributed by atoms with Gasteiger partial charge in [0.15, 0.2) is 11.6 Å². The topological polar surface area (TPSA) is 47.0 Å². The minimum atomic E-state index is -0.331. The van der Waals surface area contributed by atoms with Crippen molar-refractivity contribution in [1.82, 2.24) is 15.3 Å². The maximum Gasteiger partial charge on any atom is 0.168 e. The number of hydrogen-bond acceptors (Lipinski definition) is 4. The van der Waals surface area contributed by atoms with Crippen LogP contribution in [0.3, 0.4) is 0 Å². The van der Waals surface area contributed by atoms with E-state index in [1.54, 1.807) is 30.6 Å². The second kappa shape index (κ2) is 6.43. The average molecular weight is 275 g/mol. The number of nitrogens with zero attached hydrogens (tertiary/aromatic N) is 2. The molecule has 0 radical (unpaired) electrons. The van der Waals surface area contributed by atoms with Crippen LogP contribution in [0.4, 0.5) is 4.39 Å². The Morgan fingerprint density at radius 3 is 2.60 bits per heavy atom. The van der Waals surface area contributed by atoms with E-state index in [0.717, 1.165) is 5.56 Å². The molecule has 0 aliphatic carbocycles. The third-order valence-electron chi connectivity index (χ3n) is 3.15. The molecule has 1 atom stereocenters.